The highest BCUT2D eigenvalue weighted by Gasteiger charge is 2.20. The molecular weight excluding hydrogens is 334 g/mol. The molecule has 0 aromatic heterocycles. The Labute approximate surface area is 154 Å². The van der Waals surface area contributed by atoms with E-state index in [4.69, 9.17) is 16.3 Å². The van der Waals surface area contributed by atoms with Crippen LogP contribution in [0.4, 0.5) is 0 Å². The summed E-state index contributed by atoms with van der Waals surface area (Å²) in [6.45, 7) is 2.47. The Bertz CT molecular complexity index is 744. The molecule has 3 rings (SSSR count). The standard InChI is InChI=1S/C21H24ClNO2/c1-15-14-17(11-12-19(15)22)25-13-5-10-21(24)23-20-9-4-7-16-6-2-3-8-18(16)20/h2-3,6,8,11-12,14,20H,4-5,7,9-10,13H2,1H3,(H,23,24). The van der Waals surface area contributed by atoms with E-state index in [1.54, 1.807) is 0 Å². The summed E-state index contributed by atoms with van der Waals surface area (Å²) in [6, 6.07) is 14.2. The van der Waals surface area contributed by atoms with Crippen LogP contribution in [0.2, 0.25) is 5.02 Å². The number of nitrogens with one attached hydrogen (secondary N) is 1. The first-order valence-electron chi connectivity index (χ1n) is 8.89. The smallest absolute Gasteiger partial charge is 0.220 e. The van der Waals surface area contributed by atoms with Crippen LogP contribution in [0.5, 0.6) is 5.75 Å². The first kappa shape index (κ1) is 17.8. The number of carbonyl (C=O) groups is 1. The van der Waals surface area contributed by atoms with Crippen molar-refractivity contribution in [2.24, 2.45) is 0 Å². The van der Waals surface area contributed by atoms with Crippen LogP contribution in [-0.2, 0) is 11.2 Å². The third-order valence-corrected chi connectivity index (χ3v) is 5.08. The van der Waals surface area contributed by atoms with Crippen LogP contribution in [0.1, 0.15) is 48.4 Å². The number of aryl methyl sites for hydroxylation is 2. The van der Waals surface area contributed by atoms with Crippen molar-refractivity contribution in [3.63, 3.8) is 0 Å². The summed E-state index contributed by atoms with van der Waals surface area (Å²) >= 11 is 6.00. The Morgan fingerprint density at radius 1 is 1.28 bits per heavy atom. The maximum Gasteiger partial charge on any atom is 0.220 e. The lowest BCUT2D eigenvalue weighted by molar-refractivity contribution is -0.122. The van der Waals surface area contributed by atoms with Gasteiger partial charge in [0.15, 0.2) is 0 Å². The van der Waals surface area contributed by atoms with E-state index in [1.807, 2.05) is 31.2 Å². The maximum atomic E-state index is 12.2. The lowest BCUT2D eigenvalue weighted by Gasteiger charge is -2.26. The molecule has 1 amide bonds. The fraction of sp³-hybridized carbons (Fsp3) is 0.381. The molecule has 3 nitrogen and oxygen atoms in total. The predicted molar refractivity (Wildman–Crippen MR) is 101 cm³/mol. The van der Waals surface area contributed by atoms with Crippen molar-refractivity contribution in [1.29, 1.82) is 0 Å². The molecule has 2 aromatic rings. The number of rotatable bonds is 6. The number of fused-ring (bicyclic) bond motifs is 1. The van der Waals surface area contributed by atoms with Gasteiger partial charge < -0.3 is 10.1 Å². The van der Waals surface area contributed by atoms with E-state index in [9.17, 15) is 4.79 Å². The van der Waals surface area contributed by atoms with Crippen molar-refractivity contribution in [2.75, 3.05) is 6.61 Å². The number of benzene rings is 2. The minimum atomic E-state index is 0.0950. The second-order valence-electron chi connectivity index (χ2n) is 6.57. The Morgan fingerprint density at radius 3 is 2.96 bits per heavy atom. The predicted octanol–water partition coefficient (Wildman–Crippen LogP) is 5.00. The zero-order valence-corrected chi connectivity index (χ0v) is 15.3. The monoisotopic (exact) mass is 357 g/mol. The summed E-state index contributed by atoms with van der Waals surface area (Å²) in [5.41, 5.74) is 3.63. The van der Waals surface area contributed by atoms with Crippen LogP contribution in [0.25, 0.3) is 0 Å². The van der Waals surface area contributed by atoms with Gasteiger partial charge in [0.1, 0.15) is 5.75 Å². The van der Waals surface area contributed by atoms with E-state index in [1.165, 1.54) is 11.1 Å². The van der Waals surface area contributed by atoms with Gasteiger partial charge in [0.2, 0.25) is 5.91 Å². The van der Waals surface area contributed by atoms with Crippen molar-refractivity contribution < 1.29 is 9.53 Å². The topological polar surface area (TPSA) is 38.3 Å². The number of ether oxygens (including phenoxy) is 1. The van der Waals surface area contributed by atoms with Crippen LogP contribution in [0, 0.1) is 6.92 Å². The Balaban J connectivity index is 1.44. The van der Waals surface area contributed by atoms with Gasteiger partial charge in [-0.05, 0) is 67.5 Å². The lowest BCUT2D eigenvalue weighted by Crippen LogP contribution is -2.31. The lowest BCUT2D eigenvalue weighted by atomic mass is 9.87. The molecule has 0 heterocycles. The van der Waals surface area contributed by atoms with E-state index in [-0.39, 0.29) is 11.9 Å². The van der Waals surface area contributed by atoms with Gasteiger partial charge in [-0.3, -0.25) is 4.79 Å². The summed E-state index contributed by atoms with van der Waals surface area (Å²) in [4.78, 5) is 12.2. The highest BCUT2D eigenvalue weighted by molar-refractivity contribution is 6.31. The van der Waals surface area contributed by atoms with Crippen LogP contribution in [0.3, 0.4) is 0 Å². The molecule has 1 aliphatic carbocycles. The molecular formula is C21H24ClNO2. The molecule has 0 saturated carbocycles. The van der Waals surface area contributed by atoms with E-state index in [0.29, 0.717) is 19.4 Å². The summed E-state index contributed by atoms with van der Waals surface area (Å²) in [6.07, 6.45) is 4.42. The number of carbonyl (C=O) groups excluding carboxylic acids is 1. The highest BCUT2D eigenvalue weighted by atomic mass is 35.5. The van der Waals surface area contributed by atoms with Gasteiger partial charge in [-0.15, -0.1) is 0 Å². The highest BCUT2D eigenvalue weighted by Crippen LogP contribution is 2.29. The molecule has 1 unspecified atom stereocenters. The molecule has 2 aromatic carbocycles. The van der Waals surface area contributed by atoms with Gasteiger partial charge >= 0.3 is 0 Å². The molecule has 25 heavy (non-hydrogen) atoms. The maximum absolute atomic E-state index is 12.2. The summed E-state index contributed by atoms with van der Waals surface area (Å²) in [5, 5.41) is 3.91. The Hall–Kier alpha value is -2.00. The van der Waals surface area contributed by atoms with Gasteiger partial charge in [0, 0.05) is 11.4 Å². The molecule has 1 atom stereocenters. The molecule has 1 aliphatic rings. The molecule has 0 bridgehead atoms. The van der Waals surface area contributed by atoms with Gasteiger partial charge in [-0.2, -0.15) is 0 Å². The van der Waals surface area contributed by atoms with Crippen molar-refractivity contribution in [2.45, 2.75) is 45.1 Å². The average Bonchev–Trinajstić information content (AvgIpc) is 2.62. The number of amides is 1. The van der Waals surface area contributed by atoms with E-state index in [0.717, 1.165) is 35.6 Å². The fourth-order valence-electron chi connectivity index (χ4n) is 3.30. The van der Waals surface area contributed by atoms with Crippen molar-refractivity contribution in [1.82, 2.24) is 5.32 Å². The summed E-state index contributed by atoms with van der Waals surface area (Å²) < 4.78 is 5.70. The summed E-state index contributed by atoms with van der Waals surface area (Å²) in [7, 11) is 0. The molecule has 1 N–H and O–H groups in total. The molecule has 132 valence electrons. The van der Waals surface area contributed by atoms with E-state index in [2.05, 4.69) is 23.5 Å². The third-order valence-electron chi connectivity index (χ3n) is 4.65. The SMILES string of the molecule is Cc1cc(OCCCC(=O)NC2CCCc3ccccc32)ccc1Cl. The molecule has 0 saturated heterocycles. The normalized spacial score (nSPS) is 16.2. The van der Waals surface area contributed by atoms with Gasteiger partial charge in [0.05, 0.1) is 12.6 Å². The van der Waals surface area contributed by atoms with Gasteiger partial charge in [0.25, 0.3) is 0 Å². The first-order valence-corrected chi connectivity index (χ1v) is 9.27. The van der Waals surface area contributed by atoms with E-state index >= 15 is 0 Å². The van der Waals surface area contributed by atoms with Crippen LogP contribution >= 0.6 is 11.6 Å². The van der Waals surface area contributed by atoms with Crippen molar-refractivity contribution in [3.8, 4) is 5.75 Å². The van der Waals surface area contributed by atoms with Gasteiger partial charge in [-0.1, -0.05) is 35.9 Å². The minimum Gasteiger partial charge on any atom is -0.494 e. The first-order chi connectivity index (χ1) is 12.1. The molecule has 0 aliphatic heterocycles. The number of halogens is 1. The average molecular weight is 358 g/mol. The van der Waals surface area contributed by atoms with Crippen molar-refractivity contribution in [3.05, 3.63) is 64.2 Å². The summed E-state index contributed by atoms with van der Waals surface area (Å²) in [5.74, 6) is 0.890. The quantitative estimate of drug-likeness (QED) is 0.739. The van der Waals surface area contributed by atoms with Gasteiger partial charge in [-0.25, -0.2) is 0 Å². The molecule has 0 fully saturated rings. The van der Waals surface area contributed by atoms with E-state index < -0.39 is 0 Å². The molecule has 0 radical (unpaired) electrons. The number of hydrogen-bond donors (Lipinski definition) is 1. The number of hydrogen-bond acceptors (Lipinski definition) is 2. The molecule has 4 heteroatoms. The third kappa shape index (κ3) is 4.76. The van der Waals surface area contributed by atoms with Crippen molar-refractivity contribution >= 4 is 17.5 Å². The fourth-order valence-corrected chi connectivity index (χ4v) is 3.42. The minimum absolute atomic E-state index is 0.0950. The second kappa shape index (κ2) is 8.39. The Kier molecular flexibility index (Phi) is 5.98. The molecule has 0 spiro atoms. The van der Waals surface area contributed by atoms with Crippen LogP contribution in [0.15, 0.2) is 42.5 Å². The largest absolute Gasteiger partial charge is 0.494 e. The zero-order valence-electron chi connectivity index (χ0n) is 14.6. The van der Waals surface area contributed by atoms with Crippen LogP contribution in [-0.4, -0.2) is 12.5 Å². The zero-order chi connectivity index (χ0) is 17.6. The Morgan fingerprint density at radius 2 is 2.12 bits per heavy atom. The second-order valence-corrected chi connectivity index (χ2v) is 6.98. The van der Waals surface area contributed by atoms with Crippen LogP contribution < -0.4 is 10.1 Å².